The van der Waals surface area contributed by atoms with E-state index in [2.05, 4.69) is 27.1 Å². The highest BCUT2D eigenvalue weighted by atomic mass is 32.2. The molecule has 1 aliphatic rings. The Morgan fingerprint density at radius 2 is 1.72 bits per heavy atom. The quantitative estimate of drug-likeness (QED) is 0.640. The Balaban J connectivity index is 1.34. The van der Waals surface area contributed by atoms with Crippen LogP contribution in [0, 0.1) is 0 Å². The first kappa shape index (κ1) is 21.3. The molecule has 1 aliphatic heterocycles. The van der Waals surface area contributed by atoms with E-state index in [1.807, 2.05) is 18.2 Å². The van der Waals surface area contributed by atoms with E-state index in [9.17, 15) is 18.0 Å². The molecule has 2 heterocycles. The van der Waals surface area contributed by atoms with Crippen molar-refractivity contribution in [1.29, 1.82) is 0 Å². The van der Waals surface area contributed by atoms with E-state index in [-0.39, 0.29) is 29.6 Å². The molecule has 0 bridgehead atoms. The Bertz CT molecular complexity index is 909. The molecule has 2 aromatic rings. The standard InChI is InChI=1S/C19H24N4O4S2/c24-17(15-21-29(26,27)19-7-4-14-28-19)20-9-8-18(25)23-12-10-22(11-13-23)16-5-2-1-3-6-16/h1-7,14,21H,8-13,15H2,(H,20,24). The van der Waals surface area contributed by atoms with E-state index < -0.39 is 15.9 Å². The summed E-state index contributed by atoms with van der Waals surface area (Å²) in [6.07, 6.45) is 0.189. The number of thiophene rings is 1. The summed E-state index contributed by atoms with van der Waals surface area (Å²) in [7, 11) is -3.67. The number of carbonyl (C=O) groups excluding carboxylic acids is 2. The number of amides is 2. The number of nitrogens with zero attached hydrogens (tertiary/aromatic N) is 2. The van der Waals surface area contributed by atoms with Gasteiger partial charge < -0.3 is 15.1 Å². The first-order valence-electron chi connectivity index (χ1n) is 9.33. The predicted molar refractivity (Wildman–Crippen MR) is 112 cm³/mol. The van der Waals surface area contributed by atoms with Gasteiger partial charge in [-0.2, -0.15) is 0 Å². The van der Waals surface area contributed by atoms with Crippen LogP contribution in [0.3, 0.4) is 0 Å². The highest BCUT2D eigenvalue weighted by Crippen LogP contribution is 2.16. The van der Waals surface area contributed by atoms with Gasteiger partial charge in [-0.3, -0.25) is 9.59 Å². The Kier molecular flexibility index (Phi) is 7.24. The summed E-state index contributed by atoms with van der Waals surface area (Å²) < 4.78 is 26.4. The minimum absolute atomic E-state index is 0.0165. The highest BCUT2D eigenvalue weighted by Gasteiger charge is 2.21. The molecule has 156 valence electrons. The van der Waals surface area contributed by atoms with Crippen molar-refractivity contribution in [3.63, 3.8) is 0 Å². The molecule has 0 aliphatic carbocycles. The van der Waals surface area contributed by atoms with E-state index in [0.717, 1.165) is 30.1 Å². The number of anilines is 1. The molecule has 1 saturated heterocycles. The van der Waals surface area contributed by atoms with Crippen LogP contribution < -0.4 is 14.9 Å². The van der Waals surface area contributed by atoms with Crippen molar-refractivity contribution in [1.82, 2.24) is 14.9 Å². The monoisotopic (exact) mass is 436 g/mol. The highest BCUT2D eigenvalue weighted by molar-refractivity contribution is 7.91. The maximum atomic E-state index is 12.3. The van der Waals surface area contributed by atoms with Crippen LogP contribution >= 0.6 is 11.3 Å². The Morgan fingerprint density at radius 3 is 2.38 bits per heavy atom. The summed E-state index contributed by atoms with van der Waals surface area (Å²) in [5.41, 5.74) is 1.15. The zero-order chi connectivity index (χ0) is 20.7. The average Bonchev–Trinajstić information content (AvgIpc) is 3.29. The fourth-order valence-corrected chi connectivity index (χ4v) is 5.05. The lowest BCUT2D eigenvalue weighted by Gasteiger charge is -2.36. The molecular weight excluding hydrogens is 412 g/mol. The Morgan fingerprint density at radius 1 is 1.00 bits per heavy atom. The van der Waals surface area contributed by atoms with Crippen molar-refractivity contribution >= 4 is 38.9 Å². The summed E-state index contributed by atoms with van der Waals surface area (Å²) in [6, 6.07) is 13.2. The molecule has 2 amide bonds. The fourth-order valence-electron chi connectivity index (χ4n) is 3.03. The normalized spacial score (nSPS) is 14.6. The molecule has 2 N–H and O–H groups in total. The molecule has 1 fully saturated rings. The van der Waals surface area contributed by atoms with Gasteiger partial charge in [0.1, 0.15) is 4.21 Å². The molecule has 1 aromatic heterocycles. The molecule has 0 atom stereocenters. The van der Waals surface area contributed by atoms with E-state index in [1.165, 1.54) is 6.07 Å². The Labute approximate surface area is 174 Å². The molecule has 10 heteroatoms. The first-order chi connectivity index (χ1) is 14.0. The molecule has 8 nitrogen and oxygen atoms in total. The maximum absolute atomic E-state index is 12.3. The SMILES string of the molecule is O=C(CNS(=O)(=O)c1cccs1)NCCC(=O)N1CCN(c2ccccc2)CC1. The lowest BCUT2D eigenvalue weighted by molar-refractivity contribution is -0.131. The lowest BCUT2D eigenvalue weighted by Crippen LogP contribution is -2.49. The predicted octanol–water partition coefficient (Wildman–Crippen LogP) is 0.882. The van der Waals surface area contributed by atoms with Crippen molar-refractivity contribution in [2.75, 3.05) is 44.2 Å². The smallest absolute Gasteiger partial charge is 0.250 e. The molecule has 1 aromatic carbocycles. The van der Waals surface area contributed by atoms with Gasteiger partial charge in [0.25, 0.3) is 10.0 Å². The number of benzene rings is 1. The molecular formula is C19H24N4O4S2. The number of carbonyl (C=O) groups is 2. The van der Waals surface area contributed by atoms with Gasteiger partial charge in [0.05, 0.1) is 6.54 Å². The van der Waals surface area contributed by atoms with Crippen molar-refractivity contribution in [2.45, 2.75) is 10.6 Å². The fraction of sp³-hybridized carbons (Fsp3) is 0.368. The third-order valence-corrected chi connectivity index (χ3v) is 7.40. The zero-order valence-corrected chi connectivity index (χ0v) is 17.5. The molecule has 0 saturated carbocycles. The molecule has 0 unspecified atom stereocenters. The number of sulfonamides is 1. The number of hydrogen-bond donors (Lipinski definition) is 2. The van der Waals surface area contributed by atoms with Crippen LogP contribution in [0.25, 0.3) is 0 Å². The van der Waals surface area contributed by atoms with Crippen LogP contribution in [0.5, 0.6) is 0 Å². The topological polar surface area (TPSA) is 98.8 Å². The summed E-state index contributed by atoms with van der Waals surface area (Å²) >= 11 is 1.08. The summed E-state index contributed by atoms with van der Waals surface area (Å²) in [5.74, 6) is -0.482. The van der Waals surface area contributed by atoms with Gasteiger partial charge in [-0.1, -0.05) is 24.3 Å². The van der Waals surface area contributed by atoms with Crippen molar-refractivity contribution in [3.8, 4) is 0 Å². The summed E-state index contributed by atoms with van der Waals surface area (Å²) in [6.45, 7) is 2.64. The van der Waals surface area contributed by atoms with Gasteiger partial charge in [0.2, 0.25) is 11.8 Å². The van der Waals surface area contributed by atoms with Crippen LogP contribution in [0.4, 0.5) is 5.69 Å². The molecule has 0 radical (unpaired) electrons. The van der Waals surface area contributed by atoms with Crippen LogP contribution in [0.15, 0.2) is 52.1 Å². The average molecular weight is 437 g/mol. The number of rotatable bonds is 8. The third kappa shape index (κ3) is 6.02. The van der Waals surface area contributed by atoms with Crippen LogP contribution in [0.1, 0.15) is 6.42 Å². The van der Waals surface area contributed by atoms with E-state index in [4.69, 9.17) is 0 Å². The molecule has 3 rings (SSSR count). The van der Waals surface area contributed by atoms with E-state index in [0.29, 0.717) is 13.1 Å². The van der Waals surface area contributed by atoms with Crippen LogP contribution in [-0.2, 0) is 19.6 Å². The summed E-state index contributed by atoms with van der Waals surface area (Å²) in [5, 5.41) is 4.24. The van der Waals surface area contributed by atoms with Gasteiger partial charge in [-0.25, -0.2) is 13.1 Å². The zero-order valence-electron chi connectivity index (χ0n) is 15.9. The van der Waals surface area contributed by atoms with Gasteiger partial charge in [-0.15, -0.1) is 11.3 Å². The number of nitrogens with one attached hydrogen (secondary N) is 2. The van der Waals surface area contributed by atoms with Crippen LogP contribution in [0.2, 0.25) is 0 Å². The molecule has 0 spiro atoms. The van der Waals surface area contributed by atoms with Gasteiger partial charge in [0.15, 0.2) is 0 Å². The minimum Gasteiger partial charge on any atom is -0.368 e. The number of hydrogen-bond acceptors (Lipinski definition) is 6. The van der Waals surface area contributed by atoms with Crippen molar-refractivity contribution in [3.05, 3.63) is 47.8 Å². The number of para-hydroxylation sites is 1. The third-order valence-electron chi connectivity index (χ3n) is 4.60. The van der Waals surface area contributed by atoms with Crippen molar-refractivity contribution < 1.29 is 18.0 Å². The van der Waals surface area contributed by atoms with E-state index in [1.54, 1.807) is 16.3 Å². The van der Waals surface area contributed by atoms with Crippen LogP contribution in [-0.4, -0.2) is 64.4 Å². The maximum Gasteiger partial charge on any atom is 0.250 e. The van der Waals surface area contributed by atoms with Gasteiger partial charge in [-0.05, 0) is 23.6 Å². The minimum atomic E-state index is -3.67. The summed E-state index contributed by atoms with van der Waals surface area (Å²) in [4.78, 5) is 28.2. The van der Waals surface area contributed by atoms with Gasteiger partial charge >= 0.3 is 0 Å². The second kappa shape index (κ2) is 9.86. The molecule has 29 heavy (non-hydrogen) atoms. The first-order valence-corrected chi connectivity index (χ1v) is 11.7. The second-order valence-electron chi connectivity index (χ2n) is 6.56. The number of piperazine rings is 1. The Hall–Kier alpha value is -2.43. The second-order valence-corrected chi connectivity index (χ2v) is 9.50. The lowest BCUT2D eigenvalue weighted by atomic mass is 10.2. The van der Waals surface area contributed by atoms with E-state index >= 15 is 0 Å². The van der Waals surface area contributed by atoms with Gasteiger partial charge in [0, 0.05) is 44.8 Å². The largest absolute Gasteiger partial charge is 0.368 e. The van der Waals surface area contributed by atoms with Crippen molar-refractivity contribution in [2.24, 2.45) is 0 Å².